The van der Waals surface area contributed by atoms with Crippen LogP contribution >= 0.6 is 0 Å². The molecule has 1 aromatic carbocycles. The molecule has 2 aliphatic rings. The zero-order valence-corrected chi connectivity index (χ0v) is 15.4. The van der Waals surface area contributed by atoms with Gasteiger partial charge >= 0.3 is 0 Å². The zero-order valence-electron chi connectivity index (χ0n) is 15.4. The number of piperidine rings is 1. The third-order valence-corrected chi connectivity index (χ3v) is 5.72. The van der Waals surface area contributed by atoms with Gasteiger partial charge in [-0.3, -0.25) is 4.90 Å². The molecule has 2 aromatic rings. The van der Waals surface area contributed by atoms with E-state index in [2.05, 4.69) is 14.9 Å². The number of rotatable bonds is 4. The maximum absolute atomic E-state index is 6.20. The van der Waals surface area contributed by atoms with E-state index in [-0.39, 0.29) is 11.7 Å². The van der Waals surface area contributed by atoms with Crippen molar-refractivity contribution in [1.82, 2.24) is 14.9 Å². The van der Waals surface area contributed by atoms with Crippen LogP contribution < -0.4 is 0 Å². The van der Waals surface area contributed by atoms with Crippen LogP contribution in [0.1, 0.15) is 31.2 Å². The van der Waals surface area contributed by atoms with Crippen molar-refractivity contribution >= 4 is 0 Å². The highest BCUT2D eigenvalue weighted by atomic mass is 16.5. The number of benzene rings is 1. The average molecular weight is 353 g/mol. The summed E-state index contributed by atoms with van der Waals surface area (Å²) in [5.74, 6) is 0.783. The van der Waals surface area contributed by atoms with E-state index in [9.17, 15) is 0 Å². The van der Waals surface area contributed by atoms with Gasteiger partial charge in [0.1, 0.15) is 0 Å². The van der Waals surface area contributed by atoms with Gasteiger partial charge in [-0.25, -0.2) is 9.97 Å². The van der Waals surface area contributed by atoms with Gasteiger partial charge in [0.25, 0.3) is 0 Å². The molecule has 4 rings (SSSR count). The molecule has 5 nitrogen and oxygen atoms in total. The van der Waals surface area contributed by atoms with E-state index in [1.54, 1.807) is 0 Å². The molecule has 138 valence electrons. The Hall–Kier alpha value is -1.82. The van der Waals surface area contributed by atoms with Crippen molar-refractivity contribution < 1.29 is 9.47 Å². The molecule has 1 aromatic heterocycles. The first-order valence-electron chi connectivity index (χ1n) is 9.54. The predicted molar refractivity (Wildman–Crippen MR) is 101 cm³/mol. The van der Waals surface area contributed by atoms with Gasteiger partial charge in [0.05, 0.1) is 11.7 Å². The highest BCUT2D eigenvalue weighted by Gasteiger charge is 2.44. The molecule has 3 heterocycles. The average Bonchev–Trinajstić information content (AvgIpc) is 2.71. The molecule has 0 saturated carbocycles. The maximum atomic E-state index is 6.20. The topological polar surface area (TPSA) is 47.5 Å². The molecule has 0 amide bonds. The molecule has 0 aliphatic carbocycles. The third kappa shape index (κ3) is 3.65. The Morgan fingerprint density at radius 1 is 1.15 bits per heavy atom. The highest BCUT2D eigenvalue weighted by molar-refractivity contribution is 5.53. The number of aromatic nitrogens is 2. The van der Waals surface area contributed by atoms with Crippen LogP contribution in [0.3, 0.4) is 0 Å². The largest absolute Gasteiger partial charge is 0.378 e. The lowest BCUT2D eigenvalue weighted by Crippen LogP contribution is -2.55. The lowest BCUT2D eigenvalue weighted by Gasteiger charge is -2.48. The van der Waals surface area contributed by atoms with E-state index in [1.165, 1.54) is 0 Å². The summed E-state index contributed by atoms with van der Waals surface area (Å²) < 4.78 is 11.9. The Morgan fingerprint density at radius 3 is 2.58 bits per heavy atom. The van der Waals surface area contributed by atoms with Gasteiger partial charge in [0, 0.05) is 56.9 Å². The van der Waals surface area contributed by atoms with Crippen LogP contribution in [0.4, 0.5) is 0 Å². The number of hydrogen-bond donors (Lipinski definition) is 0. The SMILES string of the molecule is CO[C@H]1CCCOC12CCN(Cc1cnc(-c3ccccc3)nc1)CC2. The minimum atomic E-state index is -0.0723. The molecule has 0 N–H and O–H groups in total. The molecule has 0 bridgehead atoms. The fraction of sp³-hybridized carbons (Fsp3) is 0.524. The lowest BCUT2D eigenvalue weighted by molar-refractivity contribution is -0.186. The monoisotopic (exact) mass is 353 g/mol. The van der Waals surface area contributed by atoms with Gasteiger partial charge in [0.2, 0.25) is 0 Å². The standard InChI is InChI=1S/C21H27N3O2/c1-25-19-8-5-13-26-21(19)9-11-24(12-10-21)16-17-14-22-20(23-15-17)18-6-3-2-4-7-18/h2-4,6-7,14-15,19H,5,8-13,16H2,1H3/t19-/m0/s1. The molecule has 1 spiro atoms. The summed E-state index contributed by atoms with van der Waals surface area (Å²) in [5, 5.41) is 0. The third-order valence-electron chi connectivity index (χ3n) is 5.72. The smallest absolute Gasteiger partial charge is 0.159 e. The Balaban J connectivity index is 1.36. The molecule has 0 unspecified atom stereocenters. The number of methoxy groups -OCH3 is 1. The Morgan fingerprint density at radius 2 is 1.88 bits per heavy atom. The van der Waals surface area contributed by atoms with Gasteiger partial charge in [0.15, 0.2) is 5.82 Å². The highest BCUT2D eigenvalue weighted by Crippen LogP contribution is 2.37. The minimum Gasteiger partial charge on any atom is -0.378 e. The second kappa shape index (κ2) is 7.82. The molecule has 2 saturated heterocycles. The lowest BCUT2D eigenvalue weighted by atomic mass is 9.82. The summed E-state index contributed by atoms with van der Waals surface area (Å²) in [6, 6.07) is 10.1. The van der Waals surface area contributed by atoms with Gasteiger partial charge in [-0.1, -0.05) is 30.3 Å². The normalized spacial score (nSPS) is 23.2. The van der Waals surface area contributed by atoms with E-state index >= 15 is 0 Å². The van der Waals surface area contributed by atoms with E-state index in [0.29, 0.717) is 0 Å². The van der Waals surface area contributed by atoms with Crippen molar-refractivity contribution in [2.75, 3.05) is 26.8 Å². The van der Waals surface area contributed by atoms with Crippen LogP contribution in [0.25, 0.3) is 11.4 Å². The van der Waals surface area contributed by atoms with Crippen LogP contribution in [0, 0.1) is 0 Å². The van der Waals surface area contributed by atoms with Gasteiger partial charge in [-0.05, 0) is 25.7 Å². The maximum Gasteiger partial charge on any atom is 0.159 e. The summed E-state index contributed by atoms with van der Waals surface area (Å²) >= 11 is 0. The predicted octanol–water partition coefficient (Wildman–Crippen LogP) is 3.30. The Bertz CT molecular complexity index is 697. The Kier molecular flexibility index (Phi) is 5.29. The Labute approximate surface area is 155 Å². The molecule has 2 fully saturated rings. The second-order valence-corrected chi connectivity index (χ2v) is 7.34. The molecule has 26 heavy (non-hydrogen) atoms. The van der Waals surface area contributed by atoms with Gasteiger partial charge < -0.3 is 9.47 Å². The number of likely N-dealkylation sites (tertiary alicyclic amines) is 1. The minimum absolute atomic E-state index is 0.0723. The van der Waals surface area contributed by atoms with Crippen LogP contribution in [-0.2, 0) is 16.0 Å². The van der Waals surface area contributed by atoms with Crippen LogP contribution in [-0.4, -0.2) is 53.4 Å². The van der Waals surface area contributed by atoms with E-state index < -0.39 is 0 Å². The first kappa shape index (κ1) is 17.6. The van der Waals surface area contributed by atoms with Gasteiger partial charge in [-0.2, -0.15) is 0 Å². The molecule has 5 heteroatoms. The van der Waals surface area contributed by atoms with E-state index in [4.69, 9.17) is 9.47 Å². The van der Waals surface area contributed by atoms with Crippen molar-refractivity contribution in [3.63, 3.8) is 0 Å². The summed E-state index contributed by atoms with van der Waals surface area (Å²) in [4.78, 5) is 11.6. The van der Waals surface area contributed by atoms with E-state index in [0.717, 1.165) is 68.9 Å². The van der Waals surface area contributed by atoms with Crippen molar-refractivity contribution in [3.8, 4) is 11.4 Å². The van der Waals surface area contributed by atoms with Gasteiger partial charge in [-0.15, -0.1) is 0 Å². The first-order chi connectivity index (χ1) is 12.8. The van der Waals surface area contributed by atoms with Crippen molar-refractivity contribution in [2.45, 2.75) is 43.9 Å². The summed E-state index contributed by atoms with van der Waals surface area (Å²) in [5.41, 5.74) is 2.14. The quantitative estimate of drug-likeness (QED) is 0.844. The van der Waals surface area contributed by atoms with Crippen LogP contribution in [0.5, 0.6) is 0 Å². The molecule has 2 aliphatic heterocycles. The fourth-order valence-electron chi connectivity index (χ4n) is 4.22. The van der Waals surface area contributed by atoms with Crippen molar-refractivity contribution in [1.29, 1.82) is 0 Å². The summed E-state index contributed by atoms with van der Waals surface area (Å²) in [6.07, 6.45) is 8.44. The summed E-state index contributed by atoms with van der Waals surface area (Å²) in [6.45, 7) is 3.82. The first-order valence-corrected chi connectivity index (χ1v) is 9.54. The van der Waals surface area contributed by atoms with Crippen molar-refractivity contribution in [2.24, 2.45) is 0 Å². The summed E-state index contributed by atoms with van der Waals surface area (Å²) in [7, 11) is 1.82. The molecular weight excluding hydrogens is 326 g/mol. The molecule has 1 atom stereocenters. The van der Waals surface area contributed by atoms with Crippen molar-refractivity contribution in [3.05, 3.63) is 48.3 Å². The van der Waals surface area contributed by atoms with Crippen LogP contribution in [0.2, 0.25) is 0 Å². The number of nitrogens with zero attached hydrogens (tertiary/aromatic N) is 3. The number of hydrogen-bond acceptors (Lipinski definition) is 5. The fourth-order valence-corrected chi connectivity index (χ4v) is 4.22. The van der Waals surface area contributed by atoms with Crippen LogP contribution in [0.15, 0.2) is 42.7 Å². The van der Waals surface area contributed by atoms with E-state index in [1.807, 2.05) is 49.8 Å². The number of ether oxygens (including phenoxy) is 2. The molecular formula is C21H27N3O2. The molecule has 0 radical (unpaired) electrons. The zero-order chi connectivity index (χ0) is 17.8. The second-order valence-electron chi connectivity index (χ2n) is 7.34.